The average molecular weight is 228 g/mol. The van der Waals surface area contributed by atoms with E-state index in [1.54, 1.807) is 6.92 Å². The molecule has 0 aliphatic rings. The summed E-state index contributed by atoms with van der Waals surface area (Å²) in [6, 6.07) is 0. The first-order valence-electron chi connectivity index (χ1n) is 5.68. The van der Waals surface area contributed by atoms with E-state index in [0.29, 0.717) is 5.92 Å². The molecular weight excluding hydrogens is 200 g/mol. The van der Waals surface area contributed by atoms with E-state index in [4.69, 9.17) is 0 Å². The average Bonchev–Trinajstić information content (AvgIpc) is 2.22. The number of hydrogen-bond acceptors (Lipinski definition) is 2. The van der Waals surface area contributed by atoms with Gasteiger partial charge in [0.25, 0.3) is 0 Å². The molecule has 2 heteroatoms. The van der Waals surface area contributed by atoms with Crippen LogP contribution < -0.4 is 0 Å². The molecule has 0 heterocycles. The second kappa shape index (κ2) is 14.1. The SMILES string of the molecule is C.C/C=C(\CC)C(C)=O.CCC(C=O)CC. The Labute approximate surface area is 101 Å². The van der Waals surface area contributed by atoms with Gasteiger partial charge in [-0.15, -0.1) is 0 Å². The summed E-state index contributed by atoms with van der Waals surface area (Å²) in [6.07, 6.45) is 5.72. The standard InChI is InChI=1S/C7H12O.C6H12O.CH4/c1-4-7(5-2)6(3)8;1-3-6(4-2)5-7;/h4H,5H2,1-3H3;5-6H,3-4H2,1-2H3;1H4/b7-4+;;. The molecule has 0 fully saturated rings. The summed E-state index contributed by atoms with van der Waals surface area (Å²) in [7, 11) is 0. The van der Waals surface area contributed by atoms with Crippen LogP contribution in [0.3, 0.4) is 0 Å². The highest BCUT2D eigenvalue weighted by atomic mass is 16.1. The lowest BCUT2D eigenvalue weighted by Gasteiger charge is -1.97. The van der Waals surface area contributed by atoms with E-state index in [2.05, 4.69) is 0 Å². The Morgan fingerprint density at radius 1 is 1.19 bits per heavy atom. The second-order valence-electron chi connectivity index (χ2n) is 3.44. The summed E-state index contributed by atoms with van der Waals surface area (Å²) in [6.45, 7) is 9.53. The van der Waals surface area contributed by atoms with Crippen molar-refractivity contribution in [3.8, 4) is 0 Å². The van der Waals surface area contributed by atoms with Crippen molar-refractivity contribution in [2.75, 3.05) is 0 Å². The highest BCUT2D eigenvalue weighted by molar-refractivity contribution is 5.92. The summed E-state index contributed by atoms with van der Waals surface area (Å²) in [5.41, 5.74) is 0.921. The first kappa shape index (κ1) is 20.5. The fourth-order valence-electron chi connectivity index (χ4n) is 1.14. The number of ketones is 1. The molecule has 0 aromatic carbocycles. The molecule has 2 nitrogen and oxygen atoms in total. The van der Waals surface area contributed by atoms with E-state index in [1.165, 1.54) is 0 Å². The summed E-state index contributed by atoms with van der Waals surface area (Å²) in [5, 5.41) is 0. The molecular formula is C14H28O2. The zero-order chi connectivity index (χ0) is 12.3. The predicted octanol–water partition coefficient (Wildman–Crippen LogP) is 4.19. The Balaban J connectivity index is -0.000000200. The van der Waals surface area contributed by atoms with Gasteiger partial charge in [0.2, 0.25) is 0 Å². The van der Waals surface area contributed by atoms with Gasteiger partial charge >= 0.3 is 0 Å². The number of allylic oxidation sites excluding steroid dienone is 2. The first-order chi connectivity index (χ1) is 7.06. The topological polar surface area (TPSA) is 34.1 Å². The maximum Gasteiger partial charge on any atom is 0.155 e. The molecule has 0 aliphatic carbocycles. The van der Waals surface area contributed by atoms with Gasteiger partial charge < -0.3 is 4.79 Å². The van der Waals surface area contributed by atoms with E-state index in [1.807, 2.05) is 33.8 Å². The molecule has 0 aromatic rings. The van der Waals surface area contributed by atoms with Crippen molar-refractivity contribution in [1.29, 1.82) is 0 Å². The van der Waals surface area contributed by atoms with Crippen LogP contribution in [0.4, 0.5) is 0 Å². The van der Waals surface area contributed by atoms with Crippen molar-refractivity contribution in [1.82, 2.24) is 0 Å². The Morgan fingerprint density at radius 2 is 1.62 bits per heavy atom. The van der Waals surface area contributed by atoms with Crippen LogP contribution in [0.2, 0.25) is 0 Å². The van der Waals surface area contributed by atoms with Crippen molar-refractivity contribution >= 4 is 12.1 Å². The number of aldehydes is 1. The van der Waals surface area contributed by atoms with Crippen LogP contribution in [0.5, 0.6) is 0 Å². The monoisotopic (exact) mass is 228 g/mol. The molecule has 0 saturated carbocycles. The molecule has 0 atom stereocenters. The number of rotatable bonds is 5. The van der Waals surface area contributed by atoms with E-state index in [9.17, 15) is 9.59 Å². The normalized spacial score (nSPS) is 10.0. The zero-order valence-corrected chi connectivity index (χ0v) is 10.7. The lowest BCUT2D eigenvalue weighted by Crippen LogP contribution is -1.95. The van der Waals surface area contributed by atoms with E-state index in [-0.39, 0.29) is 13.2 Å². The minimum absolute atomic E-state index is 0. The number of Topliss-reactive ketones (excluding diaryl/α,β-unsaturated/α-hetero) is 1. The molecule has 96 valence electrons. The van der Waals surface area contributed by atoms with Crippen molar-refractivity contribution in [3.63, 3.8) is 0 Å². The van der Waals surface area contributed by atoms with E-state index < -0.39 is 0 Å². The predicted molar refractivity (Wildman–Crippen MR) is 71.6 cm³/mol. The molecule has 0 bridgehead atoms. The fourth-order valence-corrected chi connectivity index (χ4v) is 1.14. The van der Waals surface area contributed by atoms with Crippen molar-refractivity contribution in [2.24, 2.45) is 5.92 Å². The second-order valence-corrected chi connectivity index (χ2v) is 3.44. The maximum atomic E-state index is 10.5. The molecule has 0 rings (SSSR count). The van der Waals surface area contributed by atoms with Crippen molar-refractivity contribution in [3.05, 3.63) is 11.6 Å². The Kier molecular flexibility index (Phi) is 18.0. The van der Waals surface area contributed by atoms with Gasteiger partial charge in [0.15, 0.2) is 5.78 Å². The number of carbonyl (C=O) groups excluding carboxylic acids is 2. The van der Waals surface area contributed by atoms with Gasteiger partial charge in [-0.25, -0.2) is 0 Å². The van der Waals surface area contributed by atoms with Gasteiger partial charge in [-0.3, -0.25) is 4.79 Å². The minimum Gasteiger partial charge on any atom is -0.303 e. The summed E-state index contributed by atoms with van der Waals surface area (Å²) in [4.78, 5) is 20.5. The van der Waals surface area contributed by atoms with Gasteiger partial charge in [0, 0.05) is 5.92 Å². The quantitative estimate of drug-likeness (QED) is 0.522. The third kappa shape index (κ3) is 11.2. The lowest BCUT2D eigenvalue weighted by atomic mass is 10.1. The van der Waals surface area contributed by atoms with Gasteiger partial charge in [-0.1, -0.05) is 34.3 Å². The molecule has 0 aliphatic heterocycles. The third-order valence-corrected chi connectivity index (χ3v) is 2.42. The molecule has 0 amide bonds. The van der Waals surface area contributed by atoms with Gasteiger partial charge in [0.1, 0.15) is 6.29 Å². The molecule has 16 heavy (non-hydrogen) atoms. The summed E-state index contributed by atoms with van der Waals surface area (Å²) < 4.78 is 0. The van der Waals surface area contributed by atoms with Gasteiger partial charge in [-0.2, -0.15) is 0 Å². The zero-order valence-electron chi connectivity index (χ0n) is 10.7. The summed E-state index contributed by atoms with van der Waals surface area (Å²) >= 11 is 0. The Hall–Kier alpha value is -0.920. The highest BCUT2D eigenvalue weighted by Gasteiger charge is 1.96. The molecule has 0 N–H and O–H groups in total. The third-order valence-electron chi connectivity index (χ3n) is 2.42. The highest BCUT2D eigenvalue weighted by Crippen LogP contribution is 2.01. The molecule has 0 saturated heterocycles. The van der Waals surface area contributed by atoms with Crippen LogP contribution in [0.25, 0.3) is 0 Å². The Bertz CT molecular complexity index is 201. The summed E-state index contributed by atoms with van der Waals surface area (Å²) in [5.74, 6) is 0.495. The maximum absolute atomic E-state index is 10.5. The van der Waals surface area contributed by atoms with Crippen LogP contribution in [0.15, 0.2) is 11.6 Å². The van der Waals surface area contributed by atoms with Crippen LogP contribution in [0.1, 0.15) is 61.3 Å². The van der Waals surface area contributed by atoms with E-state index >= 15 is 0 Å². The molecule has 0 spiro atoms. The van der Waals surface area contributed by atoms with Crippen LogP contribution in [0, 0.1) is 5.92 Å². The Morgan fingerprint density at radius 3 is 1.62 bits per heavy atom. The van der Waals surface area contributed by atoms with Crippen molar-refractivity contribution in [2.45, 2.75) is 61.3 Å². The van der Waals surface area contributed by atoms with Crippen LogP contribution >= 0.6 is 0 Å². The smallest absolute Gasteiger partial charge is 0.155 e. The van der Waals surface area contributed by atoms with Crippen molar-refractivity contribution < 1.29 is 9.59 Å². The first-order valence-corrected chi connectivity index (χ1v) is 5.68. The minimum atomic E-state index is 0. The van der Waals surface area contributed by atoms with Gasteiger partial charge in [0.05, 0.1) is 0 Å². The lowest BCUT2D eigenvalue weighted by molar-refractivity contribution is -0.113. The molecule has 0 unspecified atom stereocenters. The molecule has 0 radical (unpaired) electrons. The van der Waals surface area contributed by atoms with Crippen LogP contribution in [-0.2, 0) is 9.59 Å². The number of carbonyl (C=O) groups is 2. The van der Waals surface area contributed by atoms with E-state index in [0.717, 1.165) is 31.1 Å². The fraction of sp³-hybridized carbons (Fsp3) is 0.714. The number of hydrogen-bond donors (Lipinski definition) is 0. The van der Waals surface area contributed by atoms with Crippen LogP contribution in [-0.4, -0.2) is 12.1 Å². The largest absolute Gasteiger partial charge is 0.303 e. The van der Waals surface area contributed by atoms with Gasteiger partial charge in [-0.05, 0) is 38.7 Å². The molecule has 0 aromatic heterocycles.